The Morgan fingerprint density at radius 1 is 1.00 bits per heavy atom. The fourth-order valence-electron chi connectivity index (χ4n) is 2.34. The van der Waals surface area contributed by atoms with Gasteiger partial charge in [-0.05, 0) is 5.92 Å². The van der Waals surface area contributed by atoms with Crippen LogP contribution in [0.2, 0.25) is 0 Å². The highest BCUT2D eigenvalue weighted by atomic mass is 19.5. The monoisotopic (exact) mass is 340 g/mol. The minimum atomic E-state index is -6.00. The molecule has 0 radical (unpaired) electrons. The molecule has 1 fully saturated rings. The van der Waals surface area contributed by atoms with Crippen molar-refractivity contribution in [3.05, 3.63) is 0 Å². The lowest BCUT2D eigenvalue weighted by atomic mass is 9.95. The Morgan fingerprint density at radius 2 is 1.43 bits per heavy atom. The molecule has 2 heterocycles. The van der Waals surface area contributed by atoms with E-state index in [4.69, 9.17) is 9.47 Å². The standard InChI is InChI=1S/C12H20N4O2.BF4/c1-4-9-5-7-16(8-6-9)10-13-11(17-2)15-12(14-10)18-3;2-1(3,4)5/h9H,4-8H2,1-3H3;/q;-1/p+1. The first-order chi connectivity index (χ1) is 10.8. The van der Waals surface area contributed by atoms with Crippen molar-refractivity contribution in [2.24, 2.45) is 5.92 Å². The normalized spacial score (nSPS) is 21.2. The topological polar surface area (TPSA) is 61.6 Å². The zero-order valence-corrected chi connectivity index (χ0v) is 13.4. The van der Waals surface area contributed by atoms with E-state index in [2.05, 4.69) is 21.9 Å². The van der Waals surface area contributed by atoms with Crippen LogP contribution >= 0.6 is 0 Å². The summed E-state index contributed by atoms with van der Waals surface area (Å²) in [6.45, 7) is 4.38. The van der Waals surface area contributed by atoms with Crippen molar-refractivity contribution >= 4 is 13.2 Å². The van der Waals surface area contributed by atoms with E-state index < -0.39 is 7.25 Å². The molecule has 23 heavy (non-hydrogen) atoms. The zero-order chi connectivity index (χ0) is 17.5. The second-order valence-corrected chi connectivity index (χ2v) is 5.08. The van der Waals surface area contributed by atoms with Crippen molar-refractivity contribution in [2.75, 3.05) is 27.3 Å². The van der Waals surface area contributed by atoms with Gasteiger partial charge >= 0.3 is 25.2 Å². The number of nitrogens with zero attached hydrogens (tertiary/aromatic N) is 3. The largest absolute Gasteiger partial charge is 0.673 e. The van der Waals surface area contributed by atoms with Crippen LogP contribution in [0.1, 0.15) is 26.2 Å². The summed E-state index contributed by atoms with van der Waals surface area (Å²) in [6.07, 6.45) is 3.71. The van der Waals surface area contributed by atoms with Crippen LogP contribution < -0.4 is 14.4 Å². The predicted molar refractivity (Wildman–Crippen MR) is 76.5 cm³/mol. The van der Waals surface area contributed by atoms with Crippen LogP contribution in [0.5, 0.6) is 12.0 Å². The van der Waals surface area contributed by atoms with Gasteiger partial charge in [-0.25, -0.2) is 0 Å². The van der Waals surface area contributed by atoms with Crippen LogP contribution in [0.4, 0.5) is 23.2 Å². The van der Waals surface area contributed by atoms with Gasteiger partial charge in [-0.2, -0.15) is 0 Å². The molecule has 0 atom stereocenters. The molecular formula is C12H21BF4N4O2. The number of hydrogen-bond donors (Lipinski definition) is 1. The highest BCUT2D eigenvalue weighted by Crippen LogP contribution is 2.15. The predicted octanol–water partition coefficient (Wildman–Crippen LogP) is 1.53. The third-order valence-corrected chi connectivity index (χ3v) is 3.56. The van der Waals surface area contributed by atoms with Crippen molar-refractivity contribution in [1.29, 1.82) is 0 Å². The van der Waals surface area contributed by atoms with Crippen molar-refractivity contribution in [3.8, 4) is 12.0 Å². The summed E-state index contributed by atoms with van der Waals surface area (Å²) < 4.78 is 49.1. The molecule has 1 aromatic heterocycles. The molecule has 1 aromatic rings. The molecule has 132 valence electrons. The van der Waals surface area contributed by atoms with Gasteiger partial charge in [0.1, 0.15) is 0 Å². The smallest absolute Gasteiger partial charge is 0.466 e. The van der Waals surface area contributed by atoms with Gasteiger partial charge in [-0.1, -0.05) is 13.3 Å². The van der Waals surface area contributed by atoms with Crippen LogP contribution in [0.3, 0.4) is 0 Å². The Hall–Kier alpha value is -1.65. The average molecular weight is 340 g/mol. The second kappa shape index (κ2) is 8.85. The van der Waals surface area contributed by atoms with Crippen molar-refractivity contribution < 1.29 is 31.6 Å². The van der Waals surface area contributed by atoms with Gasteiger partial charge in [-0.15, -0.1) is 15.0 Å². The van der Waals surface area contributed by atoms with Crippen LogP contribution in [0, 0.1) is 5.92 Å². The maximum absolute atomic E-state index is 9.75. The molecule has 1 saturated heterocycles. The lowest BCUT2D eigenvalue weighted by molar-refractivity contribution is -0.845. The SMILES string of the molecule is CCC1CC[NH+](c2nc(OC)nc(OC)n2)CC1.F[B-](F)(F)F. The molecule has 6 nitrogen and oxygen atoms in total. The van der Waals surface area contributed by atoms with Crippen molar-refractivity contribution in [1.82, 2.24) is 15.0 Å². The van der Waals surface area contributed by atoms with E-state index in [-0.39, 0.29) is 0 Å². The molecule has 1 aliphatic heterocycles. The van der Waals surface area contributed by atoms with E-state index in [1.165, 1.54) is 24.2 Å². The summed E-state index contributed by atoms with van der Waals surface area (Å²) in [4.78, 5) is 13.9. The number of aromatic nitrogens is 3. The summed E-state index contributed by atoms with van der Waals surface area (Å²) in [5.41, 5.74) is 0. The Kier molecular flexibility index (Phi) is 7.46. The van der Waals surface area contributed by atoms with Crippen LogP contribution in [-0.4, -0.2) is 49.5 Å². The molecule has 0 aliphatic carbocycles. The Balaban J connectivity index is 0.000000463. The Morgan fingerprint density at radius 3 is 1.78 bits per heavy atom. The number of piperidine rings is 1. The molecule has 1 aliphatic rings. The Bertz CT molecular complexity index is 456. The maximum Gasteiger partial charge on any atom is 0.673 e. The number of methoxy groups -OCH3 is 2. The van der Waals surface area contributed by atoms with E-state index in [9.17, 15) is 17.3 Å². The van der Waals surface area contributed by atoms with Crippen LogP contribution in [0.15, 0.2) is 0 Å². The third kappa shape index (κ3) is 7.44. The second-order valence-electron chi connectivity index (χ2n) is 5.08. The van der Waals surface area contributed by atoms with E-state index in [1.54, 1.807) is 14.2 Å². The molecule has 0 aromatic carbocycles. The molecular weight excluding hydrogens is 319 g/mol. The van der Waals surface area contributed by atoms with Gasteiger partial charge < -0.3 is 26.7 Å². The highest BCUT2D eigenvalue weighted by molar-refractivity contribution is 6.50. The molecule has 2 rings (SSSR count). The van der Waals surface area contributed by atoms with E-state index >= 15 is 0 Å². The van der Waals surface area contributed by atoms with E-state index in [1.807, 2.05) is 0 Å². The number of rotatable bonds is 4. The van der Waals surface area contributed by atoms with E-state index in [0.29, 0.717) is 12.0 Å². The van der Waals surface area contributed by atoms with Crippen molar-refractivity contribution in [2.45, 2.75) is 26.2 Å². The minimum Gasteiger partial charge on any atom is -0.466 e. The first-order valence-corrected chi connectivity index (χ1v) is 7.33. The minimum absolute atomic E-state index is 0.321. The number of hydrogen-bond acceptors (Lipinski definition) is 5. The van der Waals surface area contributed by atoms with Gasteiger partial charge in [0, 0.05) is 12.8 Å². The van der Waals surface area contributed by atoms with Gasteiger partial charge in [0.2, 0.25) is 0 Å². The summed E-state index contributed by atoms with van der Waals surface area (Å²) >= 11 is 0. The van der Waals surface area contributed by atoms with Gasteiger partial charge in [-0.3, -0.25) is 4.90 Å². The van der Waals surface area contributed by atoms with Gasteiger partial charge in [0.15, 0.2) is 0 Å². The summed E-state index contributed by atoms with van der Waals surface area (Å²) in [5.74, 6) is 1.58. The quantitative estimate of drug-likeness (QED) is 0.665. The average Bonchev–Trinajstić information content (AvgIpc) is 2.52. The number of nitrogens with one attached hydrogen (secondary N) is 1. The molecule has 1 N–H and O–H groups in total. The molecule has 0 unspecified atom stereocenters. The first kappa shape index (κ1) is 19.4. The lowest BCUT2D eigenvalue weighted by Gasteiger charge is -2.26. The number of quaternary nitrogens is 1. The molecule has 0 amide bonds. The van der Waals surface area contributed by atoms with Gasteiger partial charge in [0.05, 0.1) is 27.3 Å². The van der Waals surface area contributed by atoms with E-state index in [0.717, 1.165) is 25.0 Å². The van der Waals surface area contributed by atoms with Crippen LogP contribution in [-0.2, 0) is 0 Å². The molecule has 0 bridgehead atoms. The lowest BCUT2D eigenvalue weighted by Crippen LogP contribution is -3.09. The van der Waals surface area contributed by atoms with Crippen molar-refractivity contribution in [3.63, 3.8) is 0 Å². The summed E-state index contributed by atoms with van der Waals surface area (Å²) in [5, 5.41) is 0. The third-order valence-electron chi connectivity index (χ3n) is 3.56. The Labute approximate surface area is 132 Å². The first-order valence-electron chi connectivity index (χ1n) is 7.33. The molecule has 11 heteroatoms. The maximum atomic E-state index is 9.75. The fourth-order valence-corrected chi connectivity index (χ4v) is 2.34. The summed E-state index contributed by atoms with van der Waals surface area (Å²) in [7, 11) is -2.89. The summed E-state index contributed by atoms with van der Waals surface area (Å²) in [6, 6.07) is 0.643. The highest BCUT2D eigenvalue weighted by Gasteiger charge is 2.26. The molecule has 0 spiro atoms. The zero-order valence-electron chi connectivity index (χ0n) is 13.4. The van der Waals surface area contributed by atoms with Crippen LogP contribution in [0.25, 0.3) is 0 Å². The van der Waals surface area contributed by atoms with Gasteiger partial charge in [0.25, 0.3) is 0 Å². The number of halogens is 4. The number of ether oxygens (including phenoxy) is 2. The fraction of sp³-hybridized carbons (Fsp3) is 0.750. The molecule has 0 saturated carbocycles.